The third-order valence-electron chi connectivity index (χ3n) is 6.18. The third kappa shape index (κ3) is 2.44. The quantitative estimate of drug-likeness (QED) is 0.859. The van der Waals surface area contributed by atoms with Crippen molar-refractivity contribution >= 4 is 17.5 Å². The molecule has 1 saturated heterocycles. The smallest absolute Gasteiger partial charge is 0.254 e. The van der Waals surface area contributed by atoms with Crippen LogP contribution in [-0.4, -0.2) is 29.3 Å². The van der Waals surface area contributed by atoms with E-state index in [1.54, 1.807) is 0 Å². The molecule has 4 heteroatoms. The van der Waals surface area contributed by atoms with E-state index in [0.717, 1.165) is 43.5 Å². The van der Waals surface area contributed by atoms with Crippen molar-refractivity contribution in [1.29, 1.82) is 0 Å². The number of amides is 2. The zero-order chi connectivity index (χ0) is 17.7. The van der Waals surface area contributed by atoms with Gasteiger partial charge in [0.25, 0.3) is 5.91 Å². The van der Waals surface area contributed by atoms with Crippen molar-refractivity contribution < 1.29 is 9.59 Å². The van der Waals surface area contributed by atoms with E-state index in [9.17, 15) is 9.59 Å². The maximum atomic E-state index is 13.3. The second kappa shape index (κ2) is 5.97. The molecular weight excluding hydrogens is 324 g/mol. The number of likely N-dealkylation sites (tertiary alicyclic amines) is 1. The molecule has 0 bridgehead atoms. The Labute approximate surface area is 153 Å². The number of hydrogen-bond acceptors (Lipinski definition) is 2. The fraction of sp³-hybridized carbons (Fsp3) is 0.364. The average molecular weight is 346 g/mol. The van der Waals surface area contributed by atoms with E-state index in [1.165, 1.54) is 11.1 Å². The number of rotatable bonds is 1. The highest BCUT2D eigenvalue weighted by Gasteiger charge is 2.38. The highest BCUT2D eigenvalue weighted by Crippen LogP contribution is 2.41. The largest absolute Gasteiger partial charge is 0.335 e. The first kappa shape index (κ1) is 15.6. The summed E-state index contributed by atoms with van der Waals surface area (Å²) in [5.74, 6) is 0.572. The lowest BCUT2D eigenvalue weighted by atomic mass is 9.74. The minimum Gasteiger partial charge on any atom is -0.335 e. The summed E-state index contributed by atoms with van der Waals surface area (Å²) >= 11 is 0. The van der Waals surface area contributed by atoms with Gasteiger partial charge in [-0.2, -0.15) is 0 Å². The molecule has 1 fully saturated rings. The van der Waals surface area contributed by atoms with Crippen molar-refractivity contribution in [3.05, 3.63) is 64.7 Å². The van der Waals surface area contributed by atoms with Gasteiger partial charge in [-0.05, 0) is 60.6 Å². The molecule has 26 heavy (non-hydrogen) atoms. The molecule has 5 rings (SSSR count). The van der Waals surface area contributed by atoms with E-state index in [4.69, 9.17) is 0 Å². The standard InChI is InChI=1S/C22H22N2O2/c25-21-13-16-12-15(7-9-19(16)23-21)22(26)24-11-3-6-18-17-5-2-1-4-14(17)8-10-20(18)24/h1-2,4-5,7,9,12,18,20H,3,6,8,10-11,13H2,(H,23,25)/t18?,20-/m0/s1. The summed E-state index contributed by atoms with van der Waals surface area (Å²) in [7, 11) is 0. The Kier molecular flexibility index (Phi) is 3.59. The number of nitrogens with zero attached hydrogens (tertiary/aromatic N) is 1. The summed E-state index contributed by atoms with van der Waals surface area (Å²) in [6.07, 6.45) is 4.66. The molecule has 2 atom stereocenters. The predicted octanol–water partition coefficient (Wildman–Crippen LogP) is 3.52. The van der Waals surface area contributed by atoms with Gasteiger partial charge < -0.3 is 10.2 Å². The van der Waals surface area contributed by atoms with Gasteiger partial charge in [0.2, 0.25) is 5.91 Å². The number of carbonyl (C=O) groups excluding carboxylic acids is 2. The summed E-state index contributed by atoms with van der Waals surface area (Å²) in [5, 5.41) is 2.84. The molecule has 4 nitrogen and oxygen atoms in total. The first-order valence-electron chi connectivity index (χ1n) is 9.52. The summed E-state index contributed by atoms with van der Waals surface area (Å²) < 4.78 is 0. The second-order valence-electron chi connectivity index (χ2n) is 7.65. The van der Waals surface area contributed by atoms with Crippen molar-refractivity contribution in [2.75, 3.05) is 11.9 Å². The van der Waals surface area contributed by atoms with Gasteiger partial charge in [-0.3, -0.25) is 9.59 Å². The lowest BCUT2D eigenvalue weighted by Crippen LogP contribution is -2.49. The Morgan fingerprint density at radius 3 is 2.88 bits per heavy atom. The van der Waals surface area contributed by atoms with Crippen molar-refractivity contribution in [2.45, 2.75) is 44.1 Å². The van der Waals surface area contributed by atoms with Crippen molar-refractivity contribution in [2.24, 2.45) is 0 Å². The van der Waals surface area contributed by atoms with E-state index >= 15 is 0 Å². The predicted molar refractivity (Wildman–Crippen MR) is 100 cm³/mol. The first-order chi connectivity index (χ1) is 12.7. The van der Waals surface area contributed by atoms with Crippen LogP contribution in [0.15, 0.2) is 42.5 Å². The maximum absolute atomic E-state index is 13.3. The van der Waals surface area contributed by atoms with Crippen LogP contribution >= 0.6 is 0 Å². The molecular formula is C22H22N2O2. The average Bonchev–Trinajstić information content (AvgIpc) is 3.06. The van der Waals surface area contributed by atoms with Gasteiger partial charge >= 0.3 is 0 Å². The van der Waals surface area contributed by atoms with E-state index < -0.39 is 0 Å². The normalized spacial score (nSPS) is 23.7. The fourth-order valence-corrected chi connectivity index (χ4v) is 4.98. The van der Waals surface area contributed by atoms with Crippen LogP contribution in [0.2, 0.25) is 0 Å². The zero-order valence-electron chi connectivity index (χ0n) is 14.7. The lowest BCUT2D eigenvalue weighted by molar-refractivity contribution is -0.115. The number of piperidine rings is 1. The number of aryl methyl sites for hydroxylation is 1. The summed E-state index contributed by atoms with van der Waals surface area (Å²) in [4.78, 5) is 26.9. The molecule has 2 aromatic carbocycles. The molecule has 1 N–H and O–H groups in total. The van der Waals surface area contributed by atoms with E-state index in [1.807, 2.05) is 18.2 Å². The zero-order valence-corrected chi connectivity index (χ0v) is 14.7. The Bertz CT molecular complexity index is 905. The van der Waals surface area contributed by atoms with Crippen molar-refractivity contribution in [3.63, 3.8) is 0 Å². The van der Waals surface area contributed by atoms with E-state index in [2.05, 4.69) is 34.5 Å². The topological polar surface area (TPSA) is 49.4 Å². The van der Waals surface area contributed by atoms with E-state index in [0.29, 0.717) is 23.9 Å². The van der Waals surface area contributed by atoms with Gasteiger partial charge in [0.05, 0.1) is 6.42 Å². The molecule has 0 saturated carbocycles. The molecule has 2 amide bonds. The van der Waals surface area contributed by atoms with Crippen LogP contribution in [0, 0.1) is 0 Å². The molecule has 3 aliphatic rings. The Morgan fingerprint density at radius 2 is 1.96 bits per heavy atom. The Balaban J connectivity index is 1.45. The monoisotopic (exact) mass is 346 g/mol. The molecule has 132 valence electrons. The number of hydrogen-bond donors (Lipinski definition) is 1. The van der Waals surface area contributed by atoms with Crippen molar-refractivity contribution in [1.82, 2.24) is 4.90 Å². The van der Waals surface area contributed by atoms with Crippen molar-refractivity contribution in [3.8, 4) is 0 Å². The van der Waals surface area contributed by atoms with Crippen LogP contribution < -0.4 is 5.32 Å². The van der Waals surface area contributed by atoms with Crippen LogP contribution in [0.25, 0.3) is 0 Å². The van der Waals surface area contributed by atoms with E-state index in [-0.39, 0.29) is 11.8 Å². The van der Waals surface area contributed by atoms with Crippen LogP contribution in [0.1, 0.15) is 52.2 Å². The maximum Gasteiger partial charge on any atom is 0.254 e. The van der Waals surface area contributed by atoms with Crippen LogP contribution in [-0.2, 0) is 17.6 Å². The molecule has 0 aromatic heterocycles. The molecule has 0 spiro atoms. The molecule has 2 heterocycles. The number of nitrogens with one attached hydrogen (secondary N) is 1. The summed E-state index contributed by atoms with van der Waals surface area (Å²) in [6.45, 7) is 0.830. The number of anilines is 1. The Hall–Kier alpha value is -2.62. The van der Waals surface area contributed by atoms with Crippen LogP contribution in [0.4, 0.5) is 5.69 Å². The second-order valence-corrected chi connectivity index (χ2v) is 7.65. The SMILES string of the molecule is O=C1Cc2cc(C(=O)N3CCCC4c5ccccc5CC[C@@H]43)ccc2N1. The minimum absolute atomic E-state index is 0.00604. The van der Waals surface area contributed by atoms with Gasteiger partial charge in [-0.15, -0.1) is 0 Å². The molecule has 0 radical (unpaired) electrons. The van der Waals surface area contributed by atoms with Crippen LogP contribution in [0.3, 0.4) is 0 Å². The van der Waals surface area contributed by atoms with Gasteiger partial charge in [0, 0.05) is 29.8 Å². The number of carbonyl (C=O) groups is 2. The molecule has 2 aliphatic heterocycles. The van der Waals surface area contributed by atoms with Gasteiger partial charge in [0.1, 0.15) is 0 Å². The van der Waals surface area contributed by atoms with Gasteiger partial charge in [-0.25, -0.2) is 0 Å². The molecule has 2 aromatic rings. The number of benzene rings is 2. The summed E-state index contributed by atoms with van der Waals surface area (Å²) in [6, 6.07) is 14.6. The number of fused-ring (bicyclic) bond motifs is 4. The minimum atomic E-state index is 0.00604. The van der Waals surface area contributed by atoms with Crippen LogP contribution in [0.5, 0.6) is 0 Å². The van der Waals surface area contributed by atoms with Gasteiger partial charge in [-0.1, -0.05) is 24.3 Å². The first-order valence-corrected chi connectivity index (χ1v) is 9.52. The molecule has 1 unspecified atom stereocenters. The Morgan fingerprint density at radius 1 is 1.08 bits per heavy atom. The third-order valence-corrected chi connectivity index (χ3v) is 6.18. The lowest BCUT2D eigenvalue weighted by Gasteiger charge is -2.45. The summed E-state index contributed by atoms with van der Waals surface area (Å²) in [5.41, 5.74) is 5.37. The van der Waals surface area contributed by atoms with Gasteiger partial charge in [0.15, 0.2) is 0 Å². The highest BCUT2D eigenvalue weighted by molar-refractivity contribution is 6.01. The molecule has 1 aliphatic carbocycles. The highest BCUT2D eigenvalue weighted by atomic mass is 16.2. The fourth-order valence-electron chi connectivity index (χ4n) is 4.98.